The fourth-order valence-corrected chi connectivity index (χ4v) is 5.38. The summed E-state index contributed by atoms with van der Waals surface area (Å²) in [6.45, 7) is 12.6. The van der Waals surface area contributed by atoms with Gasteiger partial charge in [0.05, 0.1) is 11.7 Å². The Morgan fingerprint density at radius 3 is 2.50 bits per heavy atom. The van der Waals surface area contributed by atoms with E-state index in [2.05, 4.69) is 54.3 Å². The van der Waals surface area contributed by atoms with Crippen molar-refractivity contribution in [1.29, 1.82) is 0 Å². The van der Waals surface area contributed by atoms with Crippen LogP contribution in [0.1, 0.15) is 106 Å². The summed E-state index contributed by atoms with van der Waals surface area (Å²) in [5.41, 5.74) is 2.63. The van der Waals surface area contributed by atoms with E-state index in [1.54, 1.807) is 6.92 Å². The van der Waals surface area contributed by atoms with E-state index in [4.69, 9.17) is 0 Å². The Morgan fingerprint density at radius 1 is 1.19 bits per heavy atom. The molecule has 0 aromatic heterocycles. The first-order valence-corrected chi connectivity index (χ1v) is 13.5. The van der Waals surface area contributed by atoms with Gasteiger partial charge in [0, 0.05) is 0 Å². The largest absolute Gasteiger partial charge is 0.393 e. The Balaban J connectivity index is 2.30. The van der Waals surface area contributed by atoms with Crippen LogP contribution in [-0.4, -0.2) is 33.6 Å². The monoisotopic (exact) mass is 467 g/mol. The molecule has 5 heteroatoms. The molecule has 0 saturated heterocycles. The summed E-state index contributed by atoms with van der Waals surface area (Å²) < 4.78 is 0. The lowest BCUT2D eigenvalue weighted by Gasteiger charge is -2.35. The molecule has 0 fully saturated rings. The number of nitroso groups, excluding NO2 is 1. The third-order valence-corrected chi connectivity index (χ3v) is 8.61. The first kappa shape index (κ1) is 29.5. The zero-order valence-electron chi connectivity index (χ0n) is 21.5. The molecule has 8 unspecified atom stereocenters. The van der Waals surface area contributed by atoms with E-state index in [1.807, 2.05) is 6.92 Å². The molecule has 0 aliphatic heterocycles. The number of hydrogen-bond acceptors (Lipinski definition) is 4. The lowest BCUT2D eigenvalue weighted by molar-refractivity contribution is 0.0368. The van der Waals surface area contributed by atoms with Gasteiger partial charge in [-0.05, 0) is 102 Å². The maximum absolute atomic E-state index is 11.2. The fraction of sp³-hybridized carbons (Fsp3) is 0.852. The second-order valence-corrected chi connectivity index (χ2v) is 11.7. The summed E-state index contributed by atoms with van der Waals surface area (Å²) in [6, 6.07) is -0.168. The zero-order chi connectivity index (χ0) is 24.3. The maximum atomic E-state index is 11.2. The van der Waals surface area contributed by atoms with Crippen molar-refractivity contribution in [3.63, 3.8) is 0 Å². The van der Waals surface area contributed by atoms with Crippen molar-refractivity contribution < 1.29 is 10.2 Å². The van der Waals surface area contributed by atoms with Crippen molar-refractivity contribution in [2.45, 2.75) is 129 Å². The Kier molecular flexibility index (Phi) is 13.5. The molecule has 1 aliphatic carbocycles. The molecule has 1 rings (SSSR count). The number of aliphatic hydroxyl groups excluding tert-OH is 1. The van der Waals surface area contributed by atoms with Gasteiger partial charge in [-0.1, -0.05) is 55.7 Å². The highest BCUT2D eigenvalue weighted by Gasteiger charge is 2.33. The van der Waals surface area contributed by atoms with Gasteiger partial charge in [-0.15, -0.1) is 9.24 Å². The van der Waals surface area contributed by atoms with E-state index in [9.17, 15) is 15.1 Å². The number of allylic oxidation sites excluding steroid dienone is 3. The molecule has 0 saturated carbocycles. The summed E-state index contributed by atoms with van der Waals surface area (Å²) in [5, 5.41) is 23.2. The lowest BCUT2D eigenvalue weighted by atomic mass is 9.77. The summed E-state index contributed by atoms with van der Waals surface area (Å²) >= 11 is 0. The minimum absolute atomic E-state index is 0.168. The highest BCUT2D eigenvalue weighted by atomic mass is 31.0. The van der Waals surface area contributed by atoms with Crippen LogP contribution in [0.4, 0.5) is 0 Å². The van der Waals surface area contributed by atoms with Crippen molar-refractivity contribution in [2.24, 2.45) is 22.9 Å². The van der Waals surface area contributed by atoms with Gasteiger partial charge in [0.1, 0.15) is 6.04 Å². The summed E-state index contributed by atoms with van der Waals surface area (Å²) in [4.78, 5) is 11.2. The third kappa shape index (κ3) is 11.0. The van der Waals surface area contributed by atoms with Crippen LogP contribution in [0.25, 0.3) is 0 Å². The number of hydrogen-bond donors (Lipinski definition) is 2. The minimum Gasteiger partial charge on any atom is -0.393 e. The Hall–Kier alpha value is -0.570. The van der Waals surface area contributed by atoms with Crippen LogP contribution in [0.15, 0.2) is 28.5 Å². The molecule has 1 aliphatic rings. The van der Waals surface area contributed by atoms with Crippen molar-refractivity contribution in [3.8, 4) is 0 Å². The summed E-state index contributed by atoms with van der Waals surface area (Å²) in [5.74, 6) is 1.47. The van der Waals surface area contributed by atoms with Crippen LogP contribution in [0.2, 0.25) is 0 Å². The van der Waals surface area contributed by atoms with Gasteiger partial charge in [-0.25, -0.2) is 0 Å². The second kappa shape index (κ2) is 14.6. The van der Waals surface area contributed by atoms with Gasteiger partial charge in [0.25, 0.3) is 0 Å². The summed E-state index contributed by atoms with van der Waals surface area (Å²) in [7, 11) is 2.99. The highest BCUT2D eigenvalue weighted by Crippen LogP contribution is 2.38. The van der Waals surface area contributed by atoms with E-state index < -0.39 is 5.60 Å². The molecule has 32 heavy (non-hydrogen) atoms. The lowest BCUT2D eigenvalue weighted by Crippen LogP contribution is -2.33. The van der Waals surface area contributed by atoms with E-state index in [1.165, 1.54) is 30.4 Å². The molecule has 0 aromatic rings. The topological polar surface area (TPSA) is 69.9 Å². The average molecular weight is 468 g/mol. The molecule has 0 radical (unpaired) electrons. The molecule has 186 valence electrons. The minimum atomic E-state index is -0.642. The molecule has 0 aromatic carbocycles. The van der Waals surface area contributed by atoms with Crippen LogP contribution >= 0.6 is 9.24 Å². The maximum Gasteiger partial charge on any atom is 0.113 e. The van der Waals surface area contributed by atoms with Crippen molar-refractivity contribution in [2.75, 3.05) is 0 Å². The van der Waals surface area contributed by atoms with Crippen LogP contribution in [-0.2, 0) is 0 Å². The molecular formula is C27H50NO3P. The first-order valence-electron chi connectivity index (χ1n) is 12.8. The van der Waals surface area contributed by atoms with E-state index in [-0.39, 0.29) is 12.1 Å². The van der Waals surface area contributed by atoms with Gasteiger partial charge >= 0.3 is 0 Å². The van der Waals surface area contributed by atoms with Crippen LogP contribution in [0, 0.1) is 22.7 Å². The predicted molar refractivity (Wildman–Crippen MR) is 141 cm³/mol. The fourth-order valence-electron chi connectivity index (χ4n) is 4.76. The van der Waals surface area contributed by atoms with Crippen molar-refractivity contribution in [1.82, 2.24) is 0 Å². The molecule has 0 heterocycles. The van der Waals surface area contributed by atoms with Crippen molar-refractivity contribution in [3.05, 3.63) is 28.2 Å². The molecule has 0 bridgehead atoms. The molecule has 2 N–H and O–H groups in total. The molecule has 0 spiro atoms. The van der Waals surface area contributed by atoms with Crippen molar-refractivity contribution >= 4 is 9.24 Å². The van der Waals surface area contributed by atoms with Gasteiger partial charge in [-0.2, -0.15) is 4.91 Å². The predicted octanol–water partition coefficient (Wildman–Crippen LogP) is 7.19. The third-order valence-electron chi connectivity index (χ3n) is 7.58. The van der Waals surface area contributed by atoms with Gasteiger partial charge in [0.2, 0.25) is 0 Å². The number of aliphatic hydroxyl groups is 2. The highest BCUT2D eigenvalue weighted by molar-refractivity contribution is 7.18. The molecular weight excluding hydrogens is 417 g/mol. The Morgan fingerprint density at radius 2 is 1.88 bits per heavy atom. The number of nitrogens with zero attached hydrogens (tertiary/aromatic N) is 1. The first-order chi connectivity index (χ1) is 15.0. The molecule has 8 atom stereocenters. The van der Waals surface area contributed by atoms with E-state index in [0.717, 1.165) is 44.9 Å². The van der Waals surface area contributed by atoms with Crippen LogP contribution in [0.3, 0.4) is 0 Å². The zero-order valence-corrected chi connectivity index (χ0v) is 22.7. The molecule has 4 nitrogen and oxygen atoms in total. The Bertz CT molecular complexity index is 614. The normalized spacial score (nSPS) is 28.0. The van der Waals surface area contributed by atoms with Crippen LogP contribution in [0.5, 0.6) is 0 Å². The SMILES string of the molecule is C/C(=C\CCC(C)(O)CCCC(C)O)CCCC(C)CCC1=CC(N=O)C(C)C(C)C1P. The standard InChI is InChI=1S/C27H50NO3P/c1-19(12-8-16-27(6,30)17-9-13-21(3)29)10-7-11-20(2)14-15-24-18-25(28-31)22(4)23(5)26(24)32/h12,18,20-23,25-26,29-30H,7-11,13-17,32H2,1-6H3/b19-12+. The molecule has 0 amide bonds. The van der Waals surface area contributed by atoms with Crippen LogP contribution < -0.4 is 0 Å². The quantitative estimate of drug-likeness (QED) is 0.152. The Labute approximate surface area is 199 Å². The average Bonchev–Trinajstić information content (AvgIpc) is 2.71. The number of rotatable bonds is 15. The summed E-state index contributed by atoms with van der Waals surface area (Å²) in [6.07, 6.45) is 14.0. The smallest absolute Gasteiger partial charge is 0.113 e. The van der Waals surface area contributed by atoms with E-state index >= 15 is 0 Å². The van der Waals surface area contributed by atoms with Gasteiger partial charge in [0.15, 0.2) is 0 Å². The second-order valence-electron chi connectivity index (χ2n) is 10.9. The van der Waals surface area contributed by atoms with E-state index in [0.29, 0.717) is 23.4 Å². The van der Waals surface area contributed by atoms with Gasteiger partial charge < -0.3 is 10.2 Å². The van der Waals surface area contributed by atoms with Gasteiger partial charge in [-0.3, -0.25) is 0 Å².